The molecule has 2 aromatic carbocycles. The van der Waals surface area contributed by atoms with E-state index in [0.717, 1.165) is 43.7 Å². The number of nitrogens with one attached hydrogen (secondary N) is 1. The Morgan fingerprint density at radius 1 is 1.22 bits per heavy atom. The molecule has 5 heteroatoms. The van der Waals surface area contributed by atoms with Crippen molar-refractivity contribution < 1.29 is 14.6 Å². The van der Waals surface area contributed by atoms with Gasteiger partial charge in [-0.3, -0.25) is 0 Å². The van der Waals surface area contributed by atoms with Crippen LogP contribution in [0.3, 0.4) is 0 Å². The molecule has 0 bridgehead atoms. The average molecular weight is 367 g/mol. The van der Waals surface area contributed by atoms with Crippen molar-refractivity contribution in [3.05, 3.63) is 59.7 Å². The first-order valence-corrected chi connectivity index (χ1v) is 9.65. The molecule has 27 heavy (non-hydrogen) atoms. The summed E-state index contributed by atoms with van der Waals surface area (Å²) < 4.78 is 5.21. The van der Waals surface area contributed by atoms with E-state index >= 15 is 0 Å². The van der Waals surface area contributed by atoms with Crippen LogP contribution in [0.5, 0.6) is 0 Å². The molecule has 3 rings (SSSR count). The van der Waals surface area contributed by atoms with Gasteiger partial charge < -0.3 is 24.9 Å². The third-order valence-electron chi connectivity index (χ3n) is 4.92. The number of ether oxygens (including phenoxy) is 1. The SMILES string of the molecule is CCOC(Cc1ccc(NCCCN2CCc3ccccc32)cc1)C(=O)[O-]. The lowest BCUT2D eigenvalue weighted by Gasteiger charge is -2.19. The number of anilines is 2. The first-order valence-electron chi connectivity index (χ1n) is 9.65. The van der Waals surface area contributed by atoms with E-state index in [9.17, 15) is 9.90 Å². The second-order valence-electron chi connectivity index (χ2n) is 6.81. The van der Waals surface area contributed by atoms with Crippen molar-refractivity contribution in [1.29, 1.82) is 0 Å². The Balaban J connectivity index is 1.42. The molecule has 1 unspecified atom stereocenters. The van der Waals surface area contributed by atoms with Crippen molar-refractivity contribution in [3.8, 4) is 0 Å². The van der Waals surface area contributed by atoms with Gasteiger partial charge in [0, 0.05) is 44.0 Å². The molecular weight excluding hydrogens is 340 g/mol. The van der Waals surface area contributed by atoms with Gasteiger partial charge in [0.15, 0.2) is 0 Å². The van der Waals surface area contributed by atoms with Gasteiger partial charge in [-0.15, -0.1) is 0 Å². The van der Waals surface area contributed by atoms with E-state index < -0.39 is 12.1 Å². The van der Waals surface area contributed by atoms with Crippen molar-refractivity contribution in [2.45, 2.75) is 32.3 Å². The quantitative estimate of drug-likeness (QED) is 0.653. The molecule has 0 saturated carbocycles. The predicted molar refractivity (Wildman–Crippen MR) is 106 cm³/mol. The second-order valence-corrected chi connectivity index (χ2v) is 6.81. The molecule has 0 aliphatic carbocycles. The van der Waals surface area contributed by atoms with Crippen molar-refractivity contribution in [2.75, 3.05) is 36.5 Å². The Hall–Kier alpha value is -2.53. The number of carboxylic acid groups (broad SMARTS) is 1. The maximum Gasteiger partial charge on any atom is 0.101 e. The lowest BCUT2D eigenvalue weighted by atomic mass is 10.1. The Bertz CT molecular complexity index is 745. The molecule has 2 aromatic rings. The van der Waals surface area contributed by atoms with E-state index in [1.54, 1.807) is 6.92 Å². The fraction of sp³-hybridized carbons (Fsp3) is 0.409. The van der Waals surface area contributed by atoms with Crippen LogP contribution in [0, 0.1) is 0 Å². The summed E-state index contributed by atoms with van der Waals surface area (Å²) in [7, 11) is 0. The largest absolute Gasteiger partial charge is 0.547 e. The Labute approximate surface area is 161 Å². The van der Waals surface area contributed by atoms with Crippen LogP contribution in [0.25, 0.3) is 0 Å². The summed E-state index contributed by atoms with van der Waals surface area (Å²) in [5.74, 6) is -1.16. The zero-order valence-electron chi connectivity index (χ0n) is 15.8. The van der Waals surface area contributed by atoms with Crippen LogP contribution in [0.1, 0.15) is 24.5 Å². The molecule has 1 aliphatic rings. The first kappa shape index (κ1) is 19.2. The minimum absolute atomic E-state index is 0.324. The van der Waals surface area contributed by atoms with Gasteiger partial charge in [0.1, 0.15) is 6.10 Å². The van der Waals surface area contributed by atoms with Gasteiger partial charge in [-0.2, -0.15) is 0 Å². The van der Waals surface area contributed by atoms with Gasteiger partial charge in [-0.1, -0.05) is 30.3 Å². The molecule has 1 aliphatic heterocycles. The fourth-order valence-electron chi connectivity index (χ4n) is 3.53. The van der Waals surface area contributed by atoms with E-state index in [1.807, 2.05) is 24.3 Å². The average Bonchev–Trinajstić information content (AvgIpc) is 3.09. The third-order valence-corrected chi connectivity index (χ3v) is 4.92. The first-order chi connectivity index (χ1) is 13.2. The molecule has 1 N–H and O–H groups in total. The van der Waals surface area contributed by atoms with Crippen LogP contribution >= 0.6 is 0 Å². The van der Waals surface area contributed by atoms with Crippen molar-refractivity contribution in [3.63, 3.8) is 0 Å². The van der Waals surface area contributed by atoms with E-state index in [1.165, 1.54) is 11.3 Å². The van der Waals surface area contributed by atoms with Gasteiger partial charge in [0.25, 0.3) is 0 Å². The fourth-order valence-corrected chi connectivity index (χ4v) is 3.53. The highest BCUT2D eigenvalue weighted by Crippen LogP contribution is 2.27. The number of carbonyl (C=O) groups is 1. The number of hydrogen-bond donors (Lipinski definition) is 1. The van der Waals surface area contributed by atoms with Crippen molar-refractivity contribution in [2.24, 2.45) is 0 Å². The van der Waals surface area contributed by atoms with E-state index in [2.05, 4.69) is 34.5 Å². The van der Waals surface area contributed by atoms with Crippen LogP contribution in [0.15, 0.2) is 48.5 Å². The summed E-state index contributed by atoms with van der Waals surface area (Å²) in [6.07, 6.45) is 1.63. The number of carbonyl (C=O) groups excluding carboxylic acids is 1. The predicted octanol–water partition coefficient (Wildman–Crippen LogP) is 2.25. The summed E-state index contributed by atoms with van der Waals surface area (Å²) in [5.41, 5.74) is 4.79. The molecule has 0 fully saturated rings. The highest BCUT2D eigenvalue weighted by molar-refractivity contribution is 5.70. The van der Waals surface area contributed by atoms with Crippen LogP contribution in [-0.2, 0) is 22.4 Å². The smallest absolute Gasteiger partial charge is 0.101 e. The maximum absolute atomic E-state index is 11.1. The lowest BCUT2D eigenvalue weighted by Crippen LogP contribution is -2.39. The van der Waals surface area contributed by atoms with E-state index in [4.69, 9.17) is 4.74 Å². The van der Waals surface area contributed by atoms with Gasteiger partial charge in [-0.05, 0) is 49.1 Å². The summed E-state index contributed by atoms with van der Waals surface area (Å²) in [5, 5.41) is 14.5. The van der Waals surface area contributed by atoms with Gasteiger partial charge in [-0.25, -0.2) is 0 Å². The molecular formula is C22H27N2O3-. The number of benzene rings is 2. The number of carboxylic acids is 1. The summed E-state index contributed by atoms with van der Waals surface area (Å²) in [6.45, 7) is 5.19. The summed E-state index contributed by atoms with van der Waals surface area (Å²) in [6, 6.07) is 16.5. The number of fused-ring (bicyclic) bond motifs is 1. The number of hydrogen-bond acceptors (Lipinski definition) is 5. The topological polar surface area (TPSA) is 64.6 Å². The number of para-hydroxylation sites is 1. The molecule has 1 atom stereocenters. The highest BCUT2D eigenvalue weighted by atomic mass is 16.5. The van der Waals surface area contributed by atoms with Gasteiger partial charge in [0.05, 0.1) is 5.97 Å². The molecule has 0 radical (unpaired) electrons. The number of aliphatic carboxylic acids is 1. The lowest BCUT2D eigenvalue weighted by molar-refractivity contribution is -0.316. The Morgan fingerprint density at radius 3 is 2.74 bits per heavy atom. The molecule has 5 nitrogen and oxygen atoms in total. The molecule has 144 valence electrons. The number of rotatable bonds is 10. The zero-order valence-corrected chi connectivity index (χ0v) is 15.8. The minimum Gasteiger partial charge on any atom is -0.547 e. The minimum atomic E-state index is -1.16. The van der Waals surface area contributed by atoms with Crippen LogP contribution in [-0.4, -0.2) is 38.3 Å². The van der Waals surface area contributed by atoms with Crippen LogP contribution in [0.2, 0.25) is 0 Å². The standard InChI is InChI=1S/C22H28N2O3/c1-2-27-21(22(25)26)16-17-8-10-19(11-9-17)23-13-5-14-24-15-12-18-6-3-4-7-20(18)24/h3-4,6-11,21,23H,2,5,12-16H2,1H3,(H,25,26)/p-1. The maximum atomic E-state index is 11.1. The van der Waals surface area contributed by atoms with Crippen molar-refractivity contribution >= 4 is 17.3 Å². The van der Waals surface area contributed by atoms with E-state index in [-0.39, 0.29) is 0 Å². The molecule has 0 saturated heterocycles. The Morgan fingerprint density at radius 2 is 2.00 bits per heavy atom. The highest BCUT2D eigenvalue weighted by Gasteiger charge is 2.17. The van der Waals surface area contributed by atoms with Gasteiger partial charge >= 0.3 is 0 Å². The molecule has 1 heterocycles. The normalized spacial score (nSPS) is 14.0. The molecule has 0 amide bonds. The van der Waals surface area contributed by atoms with E-state index in [0.29, 0.717) is 13.0 Å². The number of nitrogens with zero attached hydrogens (tertiary/aromatic N) is 1. The molecule has 0 spiro atoms. The Kier molecular flexibility index (Phi) is 6.71. The zero-order chi connectivity index (χ0) is 19.1. The monoisotopic (exact) mass is 367 g/mol. The van der Waals surface area contributed by atoms with Gasteiger partial charge in [0.2, 0.25) is 0 Å². The van der Waals surface area contributed by atoms with Crippen molar-refractivity contribution in [1.82, 2.24) is 0 Å². The van der Waals surface area contributed by atoms with Crippen LogP contribution in [0.4, 0.5) is 11.4 Å². The molecule has 0 aromatic heterocycles. The third kappa shape index (κ3) is 5.23. The van der Waals surface area contributed by atoms with Crippen LogP contribution < -0.4 is 15.3 Å². The summed E-state index contributed by atoms with van der Waals surface area (Å²) in [4.78, 5) is 13.5. The summed E-state index contributed by atoms with van der Waals surface area (Å²) >= 11 is 0. The second kappa shape index (κ2) is 9.42.